The highest BCUT2D eigenvalue weighted by Crippen LogP contribution is 2.31. The van der Waals surface area contributed by atoms with Crippen molar-refractivity contribution in [3.8, 4) is 0 Å². The van der Waals surface area contributed by atoms with Crippen LogP contribution in [0, 0.1) is 5.92 Å². The number of pyridine rings is 1. The van der Waals surface area contributed by atoms with Crippen LogP contribution in [0.2, 0.25) is 0 Å². The van der Waals surface area contributed by atoms with Crippen LogP contribution < -0.4 is 4.90 Å². The molecule has 0 saturated carbocycles. The van der Waals surface area contributed by atoms with Crippen LogP contribution in [0.15, 0.2) is 109 Å². The predicted molar refractivity (Wildman–Crippen MR) is 176 cm³/mol. The first-order valence-electron chi connectivity index (χ1n) is 16.4. The highest BCUT2D eigenvalue weighted by atomic mass is 19.4. The van der Waals surface area contributed by atoms with Crippen LogP contribution in [-0.2, 0) is 40.2 Å². The molecule has 0 amide bonds. The SMILES string of the molecule is FC(F)(F)c1ccc(N2CCC[C@H](CN3C[C@H](OCc4ccccc4)C(OCc4ccccc4)[C@H](OCc4ccccc4)C3)C2)cn1. The monoisotopic (exact) mass is 645 g/mol. The maximum Gasteiger partial charge on any atom is 0.433 e. The molecule has 2 saturated heterocycles. The first kappa shape index (κ1) is 33.2. The summed E-state index contributed by atoms with van der Waals surface area (Å²) in [6.45, 7) is 5.15. The molecule has 4 atom stereocenters. The number of aromatic nitrogens is 1. The fraction of sp³-hybridized carbons (Fsp3) is 0.395. The second kappa shape index (κ2) is 15.9. The standard InChI is InChI=1S/C38H42F3N3O3/c39-38(40,41)36-19-18-33(21-42-36)44-20-10-17-32(23-44)22-43-24-34(45-26-29-11-4-1-5-12-29)37(47-28-31-15-8-3-9-16-31)35(25-43)46-27-30-13-6-2-7-14-30/h1-9,11-16,18-19,21,32,34-35,37H,10,17,20,22-28H2/t32-,34-,35+,37?/m1/s1. The number of nitrogens with zero attached hydrogens (tertiary/aromatic N) is 3. The molecule has 1 unspecified atom stereocenters. The number of hydrogen-bond donors (Lipinski definition) is 0. The molecule has 3 aromatic carbocycles. The highest BCUT2D eigenvalue weighted by molar-refractivity contribution is 5.45. The summed E-state index contributed by atoms with van der Waals surface area (Å²) in [6.07, 6.45) is -1.83. The Morgan fingerprint density at radius 1 is 0.660 bits per heavy atom. The molecule has 2 fully saturated rings. The van der Waals surface area contributed by atoms with Crippen molar-refractivity contribution in [1.82, 2.24) is 9.88 Å². The zero-order chi connectivity index (χ0) is 32.5. The van der Waals surface area contributed by atoms with Gasteiger partial charge in [-0.25, -0.2) is 4.98 Å². The lowest BCUT2D eigenvalue weighted by Crippen LogP contribution is -2.59. The summed E-state index contributed by atoms with van der Waals surface area (Å²) in [5, 5.41) is 0. The van der Waals surface area contributed by atoms with Gasteiger partial charge in [-0.1, -0.05) is 91.0 Å². The Balaban J connectivity index is 1.18. The predicted octanol–water partition coefficient (Wildman–Crippen LogP) is 7.39. The van der Waals surface area contributed by atoms with Crippen molar-refractivity contribution < 1.29 is 27.4 Å². The molecule has 248 valence electrons. The van der Waals surface area contributed by atoms with Crippen molar-refractivity contribution in [2.75, 3.05) is 37.6 Å². The normalized spacial score (nSPS) is 22.3. The number of alkyl halides is 3. The van der Waals surface area contributed by atoms with E-state index in [1.807, 2.05) is 54.6 Å². The summed E-state index contributed by atoms with van der Waals surface area (Å²) in [7, 11) is 0. The molecule has 9 heteroatoms. The third-order valence-corrected chi connectivity index (χ3v) is 8.95. The van der Waals surface area contributed by atoms with E-state index in [0.717, 1.165) is 60.9 Å². The molecule has 0 spiro atoms. The summed E-state index contributed by atoms with van der Waals surface area (Å²) >= 11 is 0. The van der Waals surface area contributed by atoms with Crippen LogP contribution >= 0.6 is 0 Å². The molecule has 1 aromatic heterocycles. The van der Waals surface area contributed by atoms with Crippen LogP contribution in [-0.4, -0.2) is 60.9 Å². The van der Waals surface area contributed by atoms with Gasteiger partial charge in [0, 0.05) is 32.7 Å². The van der Waals surface area contributed by atoms with E-state index in [9.17, 15) is 13.2 Å². The van der Waals surface area contributed by atoms with E-state index in [-0.39, 0.29) is 18.3 Å². The highest BCUT2D eigenvalue weighted by Gasteiger charge is 2.40. The molecule has 47 heavy (non-hydrogen) atoms. The van der Waals surface area contributed by atoms with E-state index >= 15 is 0 Å². The molecule has 2 aliphatic heterocycles. The van der Waals surface area contributed by atoms with Gasteiger partial charge in [-0.3, -0.25) is 4.90 Å². The van der Waals surface area contributed by atoms with Crippen molar-refractivity contribution in [1.29, 1.82) is 0 Å². The summed E-state index contributed by atoms with van der Waals surface area (Å²) in [5.41, 5.74) is 3.15. The summed E-state index contributed by atoms with van der Waals surface area (Å²) in [6, 6.07) is 33.1. The lowest BCUT2D eigenvalue weighted by molar-refractivity contribution is -0.185. The smallest absolute Gasteiger partial charge is 0.370 e. The first-order chi connectivity index (χ1) is 22.9. The quantitative estimate of drug-likeness (QED) is 0.160. The Labute approximate surface area is 275 Å². The van der Waals surface area contributed by atoms with E-state index < -0.39 is 11.9 Å². The third-order valence-electron chi connectivity index (χ3n) is 8.95. The minimum Gasteiger partial charge on any atom is -0.370 e. The molecule has 0 N–H and O–H groups in total. The number of anilines is 1. The van der Waals surface area contributed by atoms with Crippen LogP contribution in [0.25, 0.3) is 0 Å². The van der Waals surface area contributed by atoms with Crippen LogP contribution in [0.4, 0.5) is 18.9 Å². The number of rotatable bonds is 12. The van der Waals surface area contributed by atoms with Gasteiger partial charge in [-0.15, -0.1) is 0 Å². The van der Waals surface area contributed by atoms with E-state index in [1.54, 1.807) is 0 Å². The van der Waals surface area contributed by atoms with Crippen LogP contribution in [0.1, 0.15) is 35.2 Å². The molecule has 4 aromatic rings. The zero-order valence-electron chi connectivity index (χ0n) is 26.5. The van der Waals surface area contributed by atoms with Gasteiger partial charge >= 0.3 is 6.18 Å². The number of likely N-dealkylation sites (tertiary alicyclic amines) is 1. The first-order valence-corrected chi connectivity index (χ1v) is 16.4. The number of hydrogen-bond acceptors (Lipinski definition) is 6. The van der Waals surface area contributed by atoms with Crippen LogP contribution in [0.5, 0.6) is 0 Å². The minimum absolute atomic E-state index is 0.229. The average molecular weight is 646 g/mol. The second-order valence-corrected chi connectivity index (χ2v) is 12.5. The molecular weight excluding hydrogens is 603 g/mol. The summed E-state index contributed by atoms with van der Waals surface area (Å²) in [5.74, 6) is 0.331. The van der Waals surface area contributed by atoms with Gasteiger partial charge in [0.05, 0.1) is 43.9 Å². The second-order valence-electron chi connectivity index (χ2n) is 12.5. The Kier molecular flexibility index (Phi) is 11.2. The largest absolute Gasteiger partial charge is 0.433 e. The van der Waals surface area contributed by atoms with E-state index in [4.69, 9.17) is 14.2 Å². The Bertz CT molecular complexity index is 1440. The van der Waals surface area contributed by atoms with E-state index in [2.05, 4.69) is 51.2 Å². The number of ether oxygens (including phenoxy) is 3. The maximum absolute atomic E-state index is 13.1. The third kappa shape index (κ3) is 9.41. The summed E-state index contributed by atoms with van der Waals surface area (Å²) in [4.78, 5) is 8.28. The Hall–Kier alpha value is -3.76. The van der Waals surface area contributed by atoms with Crippen molar-refractivity contribution in [2.45, 2.75) is 57.2 Å². The lowest BCUT2D eigenvalue weighted by Gasteiger charge is -2.45. The van der Waals surface area contributed by atoms with Crippen molar-refractivity contribution >= 4 is 5.69 Å². The summed E-state index contributed by atoms with van der Waals surface area (Å²) < 4.78 is 59.2. The molecule has 2 aliphatic rings. The zero-order valence-corrected chi connectivity index (χ0v) is 26.5. The Morgan fingerprint density at radius 3 is 1.68 bits per heavy atom. The number of piperidine rings is 2. The average Bonchev–Trinajstić information content (AvgIpc) is 3.10. The fourth-order valence-electron chi connectivity index (χ4n) is 6.57. The maximum atomic E-state index is 13.1. The molecule has 0 aliphatic carbocycles. The lowest BCUT2D eigenvalue weighted by atomic mass is 9.94. The van der Waals surface area contributed by atoms with Crippen molar-refractivity contribution in [3.05, 3.63) is 132 Å². The number of benzene rings is 3. The van der Waals surface area contributed by atoms with Gasteiger partial charge < -0.3 is 19.1 Å². The van der Waals surface area contributed by atoms with Gasteiger partial charge in [0.15, 0.2) is 0 Å². The molecule has 0 radical (unpaired) electrons. The van der Waals surface area contributed by atoms with Crippen molar-refractivity contribution in [2.24, 2.45) is 5.92 Å². The number of halogens is 3. The van der Waals surface area contributed by atoms with Gasteiger partial charge in [-0.2, -0.15) is 13.2 Å². The van der Waals surface area contributed by atoms with E-state index in [1.165, 1.54) is 12.3 Å². The van der Waals surface area contributed by atoms with Gasteiger partial charge in [0.25, 0.3) is 0 Å². The molecule has 6 rings (SSSR count). The molecule has 6 nitrogen and oxygen atoms in total. The van der Waals surface area contributed by atoms with E-state index in [0.29, 0.717) is 38.8 Å². The fourth-order valence-corrected chi connectivity index (χ4v) is 6.57. The molecule has 0 bridgehead atoms. The Morgan fingerprint density at radius 2 is 1.19 bits per heavy atom. The van der Waals surface area contributed by atoms with Gasteiger partial charge in [-0.05, 0) is 47.6 Å². The van der Waals surface area contributed by atoms with Gasteiger partial charge in [0.1, 0.15) is 11.8 Å². The van der Waals surface area contributed by atoms with Crippen LogP contribution in [0.3, 0.4) is 0 Å². The molecular formula is C38H42F3N3O3. The van der Waals surface area contributed by atoms with Gasteiger partial charge in [0.2, 0.25) is 0 Å². The minimum atomic E-state index is -4.45. The topological polar surface area (TPSA) is 47.1 Å². The van der Waals surface area contributed by atoms with Crippen molar-refractivity contribution in [3.63, 3.8) is 0 Å². The molecule has 3 heterocycles.